The Morgan fingerprint density at radius 3 is 2.52 bits per heavy atom. The highest BCUT2D eigenvalue weighted by atomic mass is 35.5. The van der Waals surface area contributed by atoms with Crippen molar-refractivity contribution in [1.82, 2.24) is 4.98 Å². The van der Waals surface area contributed by atoms with Gasteiger partial charge in [0, 0.05) is 10.4 Å². The summed E-state index contributed by atoms with van der Waals surface area (Å²) in [5.41, 5.74) is 0.845. The van der Waals surface area contributed by atoms with Gasteiger partial charge in [-0.1, -0.05) is 23.7 Å². The van der Waals surface area contributed by atoms with Crippen LogP contribution in [-0.2, 0) is 6.42 Å². The number of carboxylic acid groups (broad SMARTS) is 1. The zero-order chi connectivity index (χ0) is 20.7. The number of thiophene rings is 1. The molecule has 1 N–H and O–H groups in total. The molecule has 0 amide bonds. The lowest BCUT2D eigenvalue weighted by atomic mass is 10.0. The SMILES string of the molecule is O=C(Cc1scc(-c2cc(F)c(Cl)c(F)c2)c1C(=O)O)c1nc2ccccc2o1. The van der Waals surface area contributed by atoms with Gasteiger partial charge < -0.3 is 9.52 Å². The molecule has 146 valence electrons. The summed E-state index contributed by atoms with van der Waals surface area (Å²) in [6, 6.07) is 8.73. The van der Waals surface area contributed by atoms with E-state index in [1.807, 2.05) is 0 Å². The van der Waals surface area contributed by atoms with E-state index in [4.69, 9.17) is 16.0 Å². The van der Waals surface area contributed by atoms with Gasteiger partial charge in [0.2, 0.25) is 5.78 Å². The van der Waals surface area contributed by atoms with Crippen molar-refractivity contribution in [3.63, 3.8) is 0 Å². The van der Waals surface area contributed by atoms with Gasteiger partial charge in [-0.3, -0.25) is 4.79 Å². The van der Waals surface area contributed by atoms with Crippen LogP contribution in [0.2, 0.25) is 5.02 Å². The smallest absolute Gasteiger partial charge is 0.337 e. The summed E-state index contributed by atoms with van der Waals surface area (Å²) in [6.45, 7) is 0. The van der Waals surface area contributed by atoms with Gasteiger partial charge in [-0.05, 0) is 35.2 Å². The summed E-state index contributed by atoms with van der Waals surface area (Å²) in [5, 5.41) is 10.4. The van der Waals surface area contributed by atoms with Crippen LogP contribution in [0, 0.1) is 11.6 Å². The molecule has 0 aliphatic rings. The van der Waals surface area contributed by atoms with Gasteiger partial charge >= 0.3 is 5.97 Å². The average Bonchev–Trinajstić information content (AvgIpc) is 3.29. The molecule has 4 rings (SSSR count). The fourth-order valence-electron chi connectivity index (χ4n) is 2.90. The fraction of sp³-hybridized carbons (Fsp3) is 0.0500. The number of aromatic nitrogens is 1. The minimum Gasteiger partial charge on any atom is -0.478 e. The predicted molar refractivity (Wildman–Crippen MR) is 104 cm³/mol. The fourth-order valence-corrected chi connectivity index (χ4v) is 4.05. The summed E-state index contributed by atoms with van der Waals surface area (Å²) in [7, 11) is 0. The molecule has 2 aromatic heterocycles. The van der Waals surface area contributed by atoms with Gasteiger partial charge in [0.1, 0.15) is 22.2 Å². The lowest BCUT2D eigenvalue weighted by Crippen LogP contribution is -2.07. The molecule has 0 radical (unpaired) electrons. The molecule has 0 atom stereocenters. The van der Waals surface area contributed by atoms with Crippen LogP contribution in [-0.4, -0.2) is 21.8 Å². The van der Waals surface area contributed by atoms with Crippen molar-refractivity contribution < 1.29 is 27.9 Å². The van der Waals surface area contributed by atoms with E-state index in [1.54, 1.807) is 24.3 Å². The Kier molecular flexibility index (Phi) is 4.89. The number of carboxylic acids is 1. The second kappa shape index (κ2) is 7.38. The number of nitrogens with zero attached hydrogens (tertiary/aromatic N) is 1. The Hall–Kier alpha value is -3.10. The molecule has 5 nitrogen and oxygen atoms in total. The van der Waals surface area contributed by atoms with Crippen LogP contribution in [0.1, 0.15) is 25.9 Å². The Labute approximate surface area is 171 Å². The van der Waals surface area contributed by atoms with E-state index in [0.717, 1.165) is 23.5 Å². The third-order valence-electron chi connectivity index (χ3n) is 4.23. The molecule has 0 saturated heterocycles. The van der Waals surface area contributed by atoms with Crippen LogP contribution in [0.5, 0.6) is 0 Å². The maximum absolute atomic E-state index is 13.8. The molecule has 29 heavy (non-hydrogen) atoms. The van der Waals surface area contributed by atoms with E-state index in [-0.39, 0.29) is 33.9 Å². The normalized spacial score (nSPS) is 11.1. The Bertz CT molecular complexity index is 1220. The topological polar surface area (TPSA) is 80.4 Å². The first-order valence-corrected chi connectivity index (χ1v) is 9.48. The van der Waals surface area contributed by atoms with Crippen molar-refractivity contribution in [2.75, 3.05) is 0 Å². The highest BCUT2D eigenvalue weighted by Gasteiger charge is 2.25. The van der Waals surface area contributed by atoms with Gasteiger partial charge in [0.25, 0.3) is 5.89 Å². The van der Waals surface area contributed by atoms with Gasteiger partial charge in [-0.25, -0.2) is 18.6 Å². The van der Waals surface area contributed by atoms with Gasteiger partial charge in [0.15, 0.2) is 5.58 Å². The number of aromatic carboxylic acids is 1. The number of carbonyl (C=O) groups is 2. The van der Waals surface area contributed by atoms with E-state index in [2.05, 4.69) is 4.98 Å². The second-order valence-electron chi connectivity index (χ2n) is 6.09. The molecular formula is C20H10ClF2NO4S. The van der Waals surface area contributed by atoms with Crippen LogP contribution in [0.15, 0.2) is 46.2 Å². The zero-order valence-electron chi connectivity index (χ0n) is 14.4. The standard InChI is InChI=1S/C20H10ClF2NO4S/c21-18-11(22)5-9(6-12(18)23)10-8-29-16(17(10)20(26)27)7-14(25)19-24-13-3-1-2-4-15(13)28-19/h1-6,8H,7H2,(H,26,27). The van der Waals surface area contributed by atoms with E-state index >= 15 is 0 Å². The molecule has 2 aromatic carbocycles. The first-order valence-electron chi connectivity index (χ1n) is 8.22. The second-order valence-corrected chi connectivity index (χ2v) is 7.44. The first kappa shape index (κ1) is 19.2. The summed E-state index contributed by atoms with van der Waals surface area (Å²) in [6.07, 6.45) is -0.280. The highest BCUT2D eigenvalue weighted by Crippen LogP contribution is 2.35. The van der Waals surface area contributed by atoms with Crippen LogP contribution < -0.4 is 0 Å². The van der Waals surface area contributed by atoms with E-state index in [0.29, 0.717) is 11.1 Å². The third-order valence-corrected chi connectivity index (χ3v) is 5.58. The summed E-state index contributed by atoms with van der Waals surface area (Å²) >= 11 is 6.49. The molecule has 0 aliphatic heterocycles. The number of ketones is 1. The Morgan fingerprint density at radius 2 is 1.86 bits per heavy atom. The third kappa shape index (κ3) is 3.52. The Balaban J connectivity index is 1.71. The molecule has 0 aliphatic carbocycles. The lowest BCUT2D eigenvalue weighted by molar-refractivity contribution is 0.0697. The number of carbonyl (C=O) groups excluding carboxylic acids is 1. The van der Waals surface area contributed by atoms with E-state index in [1.165, 1.54) is 5.38 Å². The minimum absolute atomic E-state index is 0.0126. The molecule has 4 aromatic rings. The number of oxazole rings is 1. The molecule has 0 bridgehead atoms. The van der Waals surface area contributed by atoms with Crippen molar-refractivity contribution in [3.8, 4) is 11.1 Å². The first-order chi connectivity index (χ1) is 13.8. The molecule has 9 heteroatoms. The summed E-state index contributed by atoms with van der Waals surface area (Å²) in [4.78, 5) is 28.7. The highest BCUT2D eigenvalue weighted by molar-refractivity contribution is 7.11. The maximum atomic E-state index is 13.8. The summed E-state index contributed by atoms with van der Waals surface area (Å²) < 4.78 is 33.0. The van der Waals surface area contributed by atoms with Crippen LogP contribution in [0.3, 0.4) is 0 Å². The van der Waals surface area contributed by atoms with Gasteiger partial charge in [-0.15, -0.1) is 11.3 Å². The van der Waals surface area contributed by atoms with Crippen LogP contribution >= 0.6 is 22.9 Å². The number of Topliss-reactive ketones (excluding diaryl/α,β-unsaturated/α-hetero) is 1. The predicted octanol–water partition coefficient (Wildman–Crippen LogP) is 5.61. The minimum atomic E-state index is -1.32. The van der Waals surface area contributed by atoms with E-state index in [9.17, 15) is 23.5 Å². The molecule has 2 heterocycles. The molecule has 0 unspecified atom stereocenters. The number of para-hydroxylation sites is 2. The van der Waals surface area contributed by atoms with Crippen LogP contribution in [0.4, 0.5) is 8.78 Å². The van der Waals surface area contributed by atoms with Crippen molar-refractivity contribution in [2.45, 2.75) is 6.42 Å². The lowest BCUT2D eigenvalue weighted by Gasteiger charge is -2.05. The molecule has 0 saturated carbocycles. The molecule has 0 spiro atoms. The number of benzene rings is 2. The molecule has 0 fully saturated rings. The largest absolute Gasteiger partial charge is 0.478 e. The zero-order valence-corrected chi connectivity index (χ0v) is 16.0. The van der Waals surface area contributed by atoms with Crippen LogP contribution in [0.25, 0.3) is 22.2 Å². The Morgan fingerprint density at radius 1 is 1.17 bits per heavy atom. The van der Waals surface area contributed by atoms with Crippen molar-refractivity contribution in [3.05, 3.63) is 74.8 Å². The quantitative estimate of drug-likeness (QED) is 0.327. The van der Waals surface area contributed by atoms with E-state index < -0.39 is 28.4 Å². The monoisotopic (exact) mass is 433 g/mol. The summed E-state index contributed by atoms with van der Waals surface area (Å²) in [5.74, 6) is -3.98. The van der Waals surface area contributed by atoms with Gasteiger partial charge in [0.05, 0.1) is 12.0 Å². The van der Waals surface area contributed by atoms with Crippen molar-refractivity contribution in [1.29, 1.82) is 0 Å². The van der Waals surface area contributed by atoms with Crippen molar-refractivity contribution in [2.24, 2.45) is 0 Å². The number of rotatable bonds is 5. The maximum Gasteiger partial charge on any atom is 0.337 e. The number of hydrogen-bond donors (Lipinski definition) is 1. The molecular weight excluding hydrogens is 424 g/mol. The average molecular weight is 434 g/mol. The number of halogens is 3. The number of fused-ring (bicyclic) bond motifs is 1. The van der Waals surface area contributed by atoms with Crippen molar-refractivity contribution >= 4 is 45.8 Å². The van der Waals surface area contributed by atoms with Gasteiger partial charge in [-0.2, -0.15) is 0 Å². The number of hydrogen-bond acceptors (Lipinski definition) is 5.